The van der Waals surface area contributed by atoms with Crippen molar-refractivity contribution in [3.63, 3.8) is 0 Å². The van der Waals surface area contributed by atoms with E-state index in [1.807, 2.05) is 21.5 Å². The van der Waals surface area contributed by atoms with E-state index in [0.29, 0.717) is 5.15 Å². The number of halogens is 1. The lowest BCUT2D eigenvalue weighted by atomic mass is 10.1. The van der Waals surface area contributed by atoms with Gasteiger partial charge in [0.2, 0.25) is 0 Å². The summed E-state index contributed by atoms with van der Waals surface area (Å²) in [6, 6.07) is 16.8. The molecule has 2 aromatic carbocycles. The van der Waals surface area contributed by atoms with E-state index in [-0.39, 0.29) is 0 Å². The van der Waals surface area contributed by atoms with Crippen LogP contribution in [0.3, 0.4) is 0 Å². The normalized spacial score (nSPS) is 12.8. The summed E-state index contributed by atoms with van der Waals surface area (Å²) < 4.78 is 3.95. The molecule has 27 heavy (non-hydrogen) atoms. The molecular weight excluding hydrogens is 358 g/mol. The van der Waals surface area contributed by atoms with E-state index in [0.717, 1.165) is 36.6 Å². The minimum atomic E-state index is 0.496. The number of rotatable bonds is 3. The monoisotopic (exact) mass is 375 g/mol. The average molecular weight is 376 g/mol. The maximum Gasteiger partial charge on any atom is 0.155 e. The van der Waals surface area contributed by atoms with Crippen LogP contribution in [0.15, 0.2) is 67.3 Å². The van der Waals surface area contributed by atoms with E-state index < -0.39 is 0 Å². The maximum atomic E-state index is 5.94. The van der Waals surface area contributed by atoms with Gasteiger partial charge in [-0.05, 0) is 42.2 Å². The first-order valence-electron chi connectivity index (χ1n) is 8.95. The molecule has 6 heteroatoms. The van der Waals surface area contributed by atoms with Crippen molar-refractivity contribution >= 4 is 23.1 Å². The van der Waals surface area contributed by atoms with E-state index in [4.69, 9.17) is 16.7 Å². The molecule has 1 N–H and O–H groups in total. The van der Waals surface area contributed by atoms with Crippen LogP contribution >= 0.6 is 11.6 Å². The Bertz CT molecular complexity index is 1100. The molecule has 0 unspecified atom stereocenters. The highest BCUT2D eigenvalue weighted by Crippen LogP contribution is 2.30. The third kappa shape index (κ3) is 3.22. The summed E-state index contributed by atoms with van der Waals surface area (Å²) in [6.07, 6.45) is 7.62. The molecule has 0 atom stereocenters. The lowest BCUT2D eigenvalue weighted by Gasteiger charge is -2.10. The smallest absolute Gasteiger partial charge is 0.155 e. The zero-order valence-electron chi connectivity index (χ0n) is 14.6. The molecule has 0 amide bonds. The summed E-state index contributed by atoms with van der Waals surface area (Å²) in [5.41, 5.74) is 5.93. The predicted octanol–water partition coefficient (Wildman–Crippen LogP) is 4.61. The number of hydrogen-bond acceptors (Lipinski definition) is 3. The van der Waals surface area contributed by atoms with Crippen molar-refractivity contribution in [3.8, 4) is 5.69 Å². The van der Waals surface area contributed by atoms with Crippen LogP contribution < -0.4 is 5.32 Å². The summed E-state index contributed by atoms with van der Waals surface area (Å²) in [5, 5.41) is 8.77. The Balaban J connectivity index is 1.41. The van der Waals surface area contributed by atoms with Gasteiger partial charge in [-0.3, -0.25) is 4.68 Å². The number of nitrogens with one attached hydrogen (secondary N) is 1. The third-order valence-electron chi connectivity index (χ3n) is 4.88. The summed E-state index contributed by atoms with van der Waals surface area (Å²) >= 11 is 5.94. The van der Waals surface area contributed by atoms with Crippen molar-refractivity contribution in [3.05, 3.63) is 89.1 Å². The van der Waals surface area contributed by atoms with Crippen LogP contribution in [-0.4, -0.2) is 19.3 Å². The van der Waals surface area contributed by atoms with Crippen molar-refractivity contribution in [2.75, 3.05) is 5.32 Å². The van der Waals surface area contributed by atoms with E-state index in [1.165, 1.54) is 16.7 Å². The fraction of sp³-hybridized carbons (Fsp3) is 0.143. The molecule has 4 aromatic rings. The second kappa shape index (κ2) is 6.59. The molecule has 5 rings (SSSR count). The first kappa shape index (κ1) is 16.1. The highest BCUT2D eigenvalue weighted by atomic mass is 35.5. The van der Waals surface area contributed by atoms with Gasteiger partial charge in [-0.1, -0.05) is 41.9 Å². The second-order valence-corrected chi connectivity index (χ2v) is 7.14. The number of anilines is 2. The molecule has 134 valence electrons. The summed E-state index contributed by atoms with van der Waals surface area (Å²) in [7, 11) is 0. The number of aryl methyl sites for hydroxylation is 2. The standard InChI is InChI=1S/C21H18ClN5/c22-20-13-26(14-23-20)18-8-9-19-16(10-18)6-7-17-12-27(25-21(17)24-19)11-15-4-2-1-3-5-15/h1-5,8-10,12-14H,6-7,11H2,(H,24,25). The minimum absolute atomic E-state index is 0.496. The van der Waals surface area contributed by atoms with Crippen molar-refractivity contribution in [2.24, 2.45) is 0 Å². The van der Waals surface area contributed by atoms with Crippen LogP contribution in [0.4, 0.5) is 11.5 Å². The fourth-order valence-electron chi connectivity index (χ4n) is 3.51. The van der Waals surface area contributed by atoms with Crippen LogP contribution in [0, 0.1) is 0 Å². The molecule has 0 fully saturated rings. The minimum Gasteiger partial charge on any atom is -0.338 e. The Kier molecular flexibility index (Phi) is 3.94. The van der Waals surface area contributed by atoms with Crippen LogP contribution in [0.5, 0.6) is 0 Å². The Labute approximate surface area is 162 Å². The second-order valence-electron chi connectivity index (χ2n) is 6.76. The van der Waals surface area contributed by atoms with Crippen molar-refractivity contribution in [2.45, 2.75) is 19.4 Å². The summed E-state index contributed by atoms with van der Waals surface area (Å²) in [5.74, 6) is 0.947. The molecule has 0 saturated heterocycles. The van der Waals surface area contributed by atoms with Gasteiger partial charge in [-0.25, -0.2) is 4.98 Å². The molecule has 0 bridgehead atoms. The molecule has 5 nitrogen and oxygen atoms in total. The van der Waals surface area contributed by atoms with Crippen molar-refractivity contribution in [1.29, 1.82) is 0 Å². The van der Waals surface area contributed by atoms with Gasteiger partial charge in [0.05, 0.1) is 6.54 Å². The first-order chi connectivity index (χ1) is 13.2. The maximum absolute atomic E-state index is 5.94. The predicted molar refractivity (Wildman–Crippen MR) is 107 cm³/mol. The molecule has 1 aliphatic heterocycles. The van der Waals surface area contributed by atoms with Gasteiger partial charge in [-0.2, -0.15) is 5.10 Å². The first-order valence-corrected chi connectivity index (χ1v) is 9.32. The Morgan fingerprint density at radius 3 is 2.67 bits per heavy atom. The highest BCUT2D eigenvalue weighted by Gasteiger charge is 2.17. The topological polar surface area (TPSA) is 47.7 Å². The highest BCUT2D eigenvalue weighted by molar-refractivity contribution is 6.29. The Morgan fingerprint density at radius 1 is 1.00 bits per heavy atom. The van der Waals surface area contributed by atoms with E-state index in [9.17, 15) is 0 Å². The Hall–Kier alpha value is -3.05. The zero-order valence-corrected chi connectivity index (χ0v) is 15.4. The van der Waals surface area contributed by atoms with Gasteiger partial charge < -0.3 is 9.88 Å². The number of benzene rings is 2. The summed E-state index contributed by atoms with van der Waals surface area (Å²) in [4.78, 5) is 4.09. The number of aromatic nitrogens is 4. The van der Waals surface area contributed by atoms with Gasteiger partial charge in [0.15, 0.2) is 5.82 Å². The lowest BCUT2D eigenvalue weighted by Crippen LogP contribution is -2.02. The molecule has 0 saturated carbocycles. The van der Waals surface area contributed by atoms with Gasteiger partial charge in [0.25, 0.3) is 0 Å². The summed E-state index contributed by atoms with van der Waals surface area (Å²) in [6.45, 7) is 0.780. The lowest BCUT2D eigenvalue weighted by molar-refractivity contribution is 0.688. The van der Waals surface area contributed by atoms with E-state index in [2.05, 4.69) is 59.0 Å². The average Bonchev–Trinajstić information content (AvgIpc) is 3.24. The van der Waals surface area contributed by atoms with Crippen molar-refractivity contribution in [1.82, 2.24) is 19.3 Å². The van der Waals surface area contributed by atoms with Crippen LogP contribution in [-0.2, 0) is 19.4 Å². The largest absolute Gasteiger partial charge is 0.338 e. The van der Waals surface area contributed by atoms with Crippen LogP contribution in [0.1, 0.15) is 16.7 Å². The molecule has 0 radical (unpaired) electrons. The zero-order chi connectivity index (χ0) is 18.2. The molecular formula is C21H18ClN5. The number of nitrogens with zero attached hydrogens (tertiary/aromatic N) is 4. The fourth-order valence-corrected chi connectivity index (χ4v) is 3.66. The quantitative estimate of drug-likeness (QED) is 0.568. The van der Waals surface area contributed by atoms with Crippen LogP contribution in [0.2, 0.25) is 5.15 Å². The molecule has 2 aromatic heterocycles. The molecule has 0 spiro atoms. The van der Waals surface area contributed by atoms with Crippen LogP contribution in [0.25, 0.3) is 5.69 Å². The van der Waals surface area contributed by atoms with Crippen molar-refractivity contribution < 1.29 is 0 Å². The Morgan fingerprint density at radius 2 is 1.85 bits per heavy atom. The van der Waals surface area contributed by atoms with E-state index in [1.54, 1.807) is 6.33 Å². The van der Waals surface area contributed by atoms with Gasteiger partial charge in [0.1, 0.15) is 11.5 Å². The molecule has 1 aliphatic rings. The number of imidazole rings is 1. The third-order valence-corrected chi connectivity index (χ3v) is 5.07. The molecule has 3 heterocycles. The van der Waals surface area contributed by atoms with Gasteiger partial charge in [0, 0.05) is 29.3 Å². The SMILES string of the molecule is Clc1cn(-c2ccc3c(c2)CCc2cn(Cc4ccccc4)nc2N3)cn1. The van der Waals surface area contributed by atoms with Gasteiger partial charge >= 0.3 is 0 Å². The number of hydrogen-bond donors (Lipinski definition) is 1. The molecule has 0 aliphatic carbocycles. The van der Waals surface area contributed by atoms with Gasteiger partial charge in [-0.15, -0.1) is 0 Å². The number of fused-ring (bicyclic) bond motifs is 2. The van der Waals surface area contributed by atoms with E-state index >= 15 is 0 Å².